The molecule has 0 aliphatic heterocycles. The molecule has 1 aromatic heterocycles. The lowest BCUT2D eigenvalue weighted by atomic mass is 10.1. The van der Waals surface area contributed by atoms with Crippen LogP contribution in [-0.2, 0) is 6.54 Å². The van der Waals surface area contributed by atoms with Gasteiger partial charge in [-0.2, -0.15) is 13.2 Å². The van der Waals surface area contributed by atoms with Gasteiger partial charge < -0.3 is 4.57 Å². The van der Waals surface area contributed by atoms with E-state index in [4.69, 9.17) is 0 Å². The molecule has 106 valence electrons. The van der Waals surface area contributed by atoms with Crippen molar-refractivity contribution in [3.05, 3.63) is 58.9 Å². The Morgan fingerprint density at radius 2 is 1.90 bits per heavy atom. The van der Waals surface area contributed by atoms with Gasteiger partial charge in [-0.05, 0) is 31.0 Å². The van der Waals surface area contributed by atoms with E-state index in [1.54, 1.807) is 4.57 Å². The predicted octanol–water partition coefficient (Wildman–Crippen LogP) is 3.90. The number of Topliss-reactive ketones (excluding diaryl/α,β-unsaturated/α-hetero) is 1. The van der Waals surface area contributed by atoms with Crippen molar-refractivity contribution in [1.29, 1.82) is 0 Å². The summed E-state index contributed by atoms with van der Waals surface area (Å²) in [6.07, 6.45) is -2.11. The van der Waals surface area contributed by atoms with Crippen molar-refractivity contribution in [3.63, 3.8) is 0 Å². The molecule has 0 N–H and O–H groups in total. The first kappa shape index (κ1) is 14.4. The standard InChI is InChI=1S/C15H14F3NO/c1-10-3-4-11(2)13(7-10)9-19-6-5-12(8-19)14(20)15(16,17)18/h3-8H,9H2,1-2H3. The van der Waals surface area contributed by atoms with E-state index in [-0.39, 0.29) is 5.56 Å². The summed E-state index contributed by atoms with van der Waals surface area (Å²) in [6, 6.07) is 7.13. The quantitative estimate of drug-likeness (QED) is 0.782. The number of hydrogen-bond acceptors (Lipinski definition) is 1. The van der Waals surface area contributed by atoms with Crippen LogP contribution in [0.1, 0.15) is 27.0 Å². The van der Waals surface area contributed by atoms with E-state index in [2.05, 4.69) is 0 Å². The molecule has 0 fully saturated rings. The maximum absolute atomic E-state index is 12.3. The summed E-state index contributed by atoms with van der Waals surface area (Å²) in [5, 5.41) is 0. The van der Waals surface area contributed by atoms with E-state index in [1.807, 2.05) is 32.0 Å². The molecule has 2 aromatic rings. The summed E-state index contributed by atoms with van der Waals surface area (Å²) in [7, 11) is 0. The van der Waals surface area contributed by atoms with E-state index in [1.165, 1.54) is 18.5 Å². The molecule has 0 bridgehead atoms. The minimum atomic E-state index is -4.83. The second-order valence-electron chi connectivity index (χ2n) is 4.83. The van der Waals surface area contributed by atoms with Crippen molar-refractivity contribution in [2.75, 3.05) is 0 Å². The number of ketones is 1. The van der Waals surface area contributed by atoms with Gasteiger partial charge in [-0.3, -0.25) is 4.79 Å². The lowest BCUT2D eigenvalue weighted by Crippen LogP contribution is -2.22. The number of aromatic nitrogens is 1. The van der Waals surface area contributed by atoms with Crippen LogP contribution in [0.4, 0.5) is 13.2 Å². The number of nitrogens with zero attached hydrogens (tertiary/aromatic N) is 1. The predicted molar refractivity (Wildman–Crippen MR) is 69.8 cm³/mol. The van der Waals surface area contributed by atoms with Crippen LogP contribution in [0.25, 0.3) is 0 Å². The summed E-state index contributed by atoms with van der Waals surface area (Å²) in [6.45, 7) is 4.34. The lowest BCUT2D eigenvalue weighted by Gasteiger charge is -2.08. The zero-order chi connectivity index (χ0) is 14.9. The fourth-order valence-corrected chi connectivity index (χ4v) is 2.00. The third-order valence-electron chi connectivity index (χ3n) is 3.13. The van der Waals surface area contributed by atoms with Crippen LogP contribution in [0.2, 0.25) is 0 Å². The maximum Gasteiger partial charge on any atom is 0.454 e. The Kier molecular flexibility index (Phi) is 3.70. The molecule has 2 rings (SSSR count). The smallest absolute Gasteiger partial charge is 0.349 e. The SMILES string of the molecule is Cc1ccc(C)c(Cn2ccc(C(=O)C(F)(F)F)c2)c1. The highest BCUT2D eigenvalue weighted by Crippen LogP contribution is 2.22. The maximum atomic E-state index is 12.3. The van der Waals surface area contributed by atoms with Crippen LogP contribution in [0.3, 0.4) is 0 Å². The Morgan fingerprint density at radius 3 is 2.55 bits per heavy atom. The minimum absolute atomic E-state index is 0.331. The zero-order valence-corrected chi connectivity index (χ0v) is 11.2. The van der Waals surface area contributed by atoms with E-state index < -0.39 is 12.0 Å². The average Bonchev–Trinajstić information content (AvgIpc) is 2.80. The first-order valence-corrected chi connectivity index (χ1v) is 6.11. The van der Waals surface area contributed by atoms with E-state index in [9.17, 15) is 18.0 Å². The molecular formula is C15H14F3NO. The van der Waals surface area contributed by atoms with Gasteiger partial charge in [0.25, 0.3) is 5.78 Å². The Morgan fingerprint density at radius 1 is 1.20 bits per heavy atom. The number of hydrogen-bond donors (Lipinski definition) is 0. The van der Waals surface area contributed by atoms with Crippen LogP contribution in [0, 0.1) is 13.8 Å². The third-order valence-corrected chi connectivity index (χ3v) is 3.13. The molecule has 0 radical (unpaired) electrons. The van der Waals surface area contributed by atoms with Crippen molar-refractivity contribution < 1.29 is 18.0 Å². The van der Waals surface area contributed by atoms with Crippen molar-refractivity contribution in [2.45, 2.75) is 26.6 Å². The van der Waals surface area contributed by atoms with Crippen LogP contribution in [0.15, 0.2) is 36.7 Å². The van der Waals surface area contributed by atoms with Crippen molar-refractivity contribution in [2.24, 2.45) is 0 Å². The van der Waals surface area contributed by atoms with E-state index in [0.717, 1.165) is 16.7 Å². The van der Waals surface area contributed by atoms with Gasteiger partial charge in [-0.25, -0.2) is 0 Å². The van der Waals surface area contributed by atoms with Gasteiger partial charge in [0.2, 0.25) is 0 Å². The number of rotatable bonds is 3. The van der Waals surface area contributed by atoms with Gasteiger partial charge in [0, 0.05) is 24.5 Å². The first-order chi connectivity index (χ1) is 9.27. The van der Waals surface area contributed by atoms with Gasteiger partial charge in [0.05, 0.1) is 0 Å². The molecule has 0 saturated heterocycles. The molecule has 1 heterocycles. The normalized spacial score (nSPS) is 11.7. The summed E-state index contributed by atoms with van der Waals surface area (Å²) in [4.78, 5) is 11.1. The zero-order valence-electron chi connectivity index (χ0n) is 11.2. The highest BCUT2D eigenvalue weighted by molar-refractivity contribution is 6.00. The van der Waals surface area contributed by atoms with Gasteiger partial charge >= 0.3 is 6.18 Å². The second kappa shape index (κ2) is 5.15. The molecule has 2 nitrogen and oxygen atoms in total. The molecule has 0 aliphatic rings. The highest BCUT2D eigenvalue weighted by atomic mass is 19.4. The molecule has 20 heavy (non-hydrogen) atoms. The number of halogens is 3. The van der Waals surface area contributed by atoms with Gasteiger partial charge in [0.1, 0.15) is 0 Å². The van der Waals surface area contributed by atoms with Crippen LogP contribution < -0.4 is 0 Å². The molecule has 0 saturated carbocycles. The number of carbonyl (C=O) groups is 1. The summed E-state index contributed by atoms with van der Waals surface area (Å²) >= 11 is 0. The molecule has 0 aliphatic carbocycles. The van der Waals surface area contributed by atoms with Crippen LogP contribution >= 0.6 is 0 Å². The number of alkyl halides is 3. The molecule has 5 heteroatoms. The summed E-state index contributed by atoms with van der Waals surface area (Å²) < 4.78 is 38.6. The summed E-state index contributed by atoms with van der Waals surface area (Å²) in [5.74, 6) is -1.81. The van der Waals surface area contributed by atoms with Gasteiger partial charge in [-0.1, -0.05) is 23.8 Å². The molecule has 0 spiro atoms. The van der Waals surface area contributed by atoms with Crippen molar-refractivity contribution >= 4 is 5.78 Å². The minimum Gasteiger partial charge on any atom is -0.349 e. The molecule has 1 aromatic carbocycles. The van der Waals surface area contributed by atoms with E-state index >= 15 is 0 Å². The number of carbonyl (C=O) groups excluding carboxylic acids is 1. The third kappa shape index (κ3) is 3.10. The van der Waals surface area contributed by atoms with Gasteiger partial charge in [0.15, 0.2) is 0 Å². The number of benzene rings is 1. The van der Waals surface area contributed by atoms with Crippen molar-refractivity contribution in [3.8, 4) is 0 Å². The fourth-order valence-electron chi connectivity index (χ4n) is 2.00. The molecule has 0 unspecified atom stereocenters. The molecule has 0 atom stereocenters. The molecular weight excluding hydrogens is 267 g/mol. The monoisotopic (exact) mass is 281 g/mol. The first-order valence-electron chi connectivity index (χ1n) is 6.11. The second-order valence-corrected chi connectivity index (χ2v) is 4.83. The van der Waals surface area contributed by atoms with Gasteiger partial charge in [-0.15, -0.1) is 0 Å². The summed E-state index contributed by atoms with van der Waals surface area (Å²) in [5.41, 5.74) is 2.84. The highest BCUT2D eigenvalue weighted by Gasteiger charge is 2.39. The Balaban J connectivity index is 2.22. The van der Waals surface area contributed by atoms with Crippen LogP contribution in [0.5, 0.6) is 0 Å². The van der Waals surface area contributed by atoms with Crippen LogP contribution in [-0.4, -0.2) is 16.5 Å². The average molecular weight is 281 g/mol. The fraction of sp³-hybridized carbons (Fsp3) is 0.267. The largest absolute Gasteiger partial charge is 0.454 e. The topological polar surface area (TPSA) is 22.0 Å². The number of aryl methyl sites for hydroxylation is 2. The Labute approximate surface area is 114 Å². The lowest BCUT2D eigenvalue weighted by molar-refractivity contribution is -0.0885. The van der Waals surface area contributed by atoms with Crippen molar-refractivity contribution in [1.82, 2.24) is 4.57 Å². The Hall–Kier alpha value is -2.04. The Bertz CT molecular complexity index is 641. The van der Waals surface area contributed by atoms with E-state index in [0.29, 0.717) is 6.54 Å². The molecule has 0 amide bonds.